The van der Waals surface area contributed by atoms with Crippen LogP contribution in [-0.2, 0) is 4.74 Å². The second kappa shape index (κ2) is 7.37. The van der Waals surface area contributed by atoms with E-state index in [1.165, 1.54) is 6.21 Å². The Morgan fingerprint density at radius 2 is 2.27 bits per heavy atom. The van der Waals surface area contributed by atoms with Crippen molar-refractivity contribution in [2.45, 2.75) is 6.92 Å². The molecule has 0 spiro atoms. The molecule has 6 nitrogen and oxygen atoms in total. The minimum absolute atomic E-state index is 0.0742. The molecule has 1 heterocycles. The van der Waals surface area contributed by atoms with Gasteiger partial charge in [-0.2, -0.15) is 5.10 Å². The standard InChI is InChI=1S/C15H15N3O3S/c1-2-20-14(19)11-5-3-4-10(8-11)13-7-6-12(21-13)9-17-18-15(16)22/h3-9H,2H2,1H3,(H3,16,18,22)/b17-9+. The van der Waals surface area contributed by atoms with E-state index in [2.05, 4.69) is 22.7 Å². The van der Waals surface area contributed by atoms with Gasteiger partial charge in [0, 0.05) is 5.56 Å². The van der Waals surface area contributed by atoms with Crippen LogP contribution in [0.3, 0.4) is 0 Å². The molecule has 0 fully saturated rings. The van der Waals surface area contributed by atoms with Gasteiger partial charge < -0.3 is 14.9 Å². The number of carbonyl (C=O) groups excluding carboxylic acids is 1. The highest BCUT2D eigenvalue weighted by Gasteiger charge is 2.09. The summed E-state index contributed by atoms with van der Waals surface area (Å²) in [6.07, 6.45) is 1.46. The molecule has 0 bridgehead atoms. The van der Waals surface area contributed by atoms with Crippen LogP contribution < -0.4 is 11.2 Å². The van der Waals surface area contributed by atoms with Crippen LogP contribution in [0.1, 0.15) is 23.0 Å². The second-order valence-corrected chi connectivity index (χ2v) is 4.68. The Morgan fingerprint density at radius 3 is 3.00 bits per heavy atom. The largest absolute Gasteiger partial charge is 0.462 e. The fraction of sp³-hybridized carbons (Fsp3) is 0.133. The first-order valence-corrected chi connectivity index (χ1v) is 6.97. The molecule has 1 aromatic heterocycles. The number of ether oxygens (including phenoxy) is 1. The minimum Gasteiger partial charge on any atom is -0.462 e. The summed E-state index contributed by atoms with van der Waals surface area (Å²) >= 11 is 4.63. The van der Waals surface area contributed by atoms with Crippen LogP contribution in [-0.4, -0.2) is 23.9 Å². The zero-order chi connectivity index (χ0) is 15.9. The lowest BCUT2D eigenvalue weighted by atomic mass is 10.1. The quantitative estimate of drug-likeness (QED) is 0.380. The molecule has 0 radical (unpaired) electrons. The summed E-state index contributed by atoms with van der Waals surface area (Å²) in [6, 6.07) is 10.6. The molecule has 0 amide bonds. The highest BCUT2D eigenvalue weighted by atomic mass is 32.1. The maximum atomic E-state index is 11.7. The minimum atomic E-state index is -0.363. The lowest BCUT2D eigenvalue weighted by Crippen LogP contribution is -2.23. The van der Waals surface area contributed by atoms with Gasteiger partial charge in [0.05, 0.1) is 18.4 Å². The number of nitrogens with zero attached hydrogens (tertiary/aromatic N) is 1. The Morgan fingerprint density at radius 1 is 1.45 bits per heavy atom. The monoisotopic (exact) mass is 317 g/mol. The van der Waals surface area contributed by atoms with Gasteiger partial charge in [0.15, 0.2) is 5.11 Å². The topological polar surface area (TPSA) is 89.8 Å². The van der Waals surface area contributed by atoms with Gasteiger partial charge in [-0.1, -0.05) is 12.1 Å². The number of carbonyl (C=O) groups is 1. The molecule has 22 heavy (non-hydrogen) atoms. The Bertz CT molecular complexity index is 710. The summed E-state index contributed by atoms with van der Waals surface area (Å²) < 4.78 is 10.6. The third kappa shape index (κ3) is 4.16. The average molecular weight is 317 g/mol. The fourth-order valence-electron chi connectivity index (χ4n) is 1.75. The van der Waals surface area contributed by atoms with Gasteiger partial charge in [-0.3, -0.25) is 5.43 Å². The van der Waals surface area contributed by atoms with E-state index in [9.17, 15) is 4.79 Å². The average Bonchev–Trinajstić information content (AvgIpc) is 2.96. The maximum absolute atomic E-state index is 11.7. The number of hydrogen-bond donors (Lipinski definition) is 2. The highest BCUT2D eigenvalue weighted by molar-refractivity contribution is 7.80. The lowest BCUT2D eigenvalue weighted by Gasteiger charge is -2.03. The fourth-order valence-corrected chi connectivity index (χ4v) is 1.80. The van der Waals surface area contributed by atoms with Gasteiger partial charge in [0.2, 0.25) is 0 Å². The third-order valence-electron chi connectivity index (χ3n) is 2.65. The number of furan rings is 1. The molecule has 0 unspecified atom stereocenters. The number of nitrogens with two attached hydrogens (primary N) is 1. The number of nitrogens with one attached hydrogen (secondary N) is 1. The Hall–Kier alpha value is -2.67. The van der Waals surface area contributed by atoms with Crippen LogP contribution in [0.5, 0.6) is 0 Å². The normalized spacial score (nSPS) is 10.6. The van der Waals surface area contributed by atoms with Crippen molar-refractivity contribution in [1.82, 2.24) is 5.43 Å². The molecule has 0 saturated heterocycles. The van der Waals surface area contributed by atoms with Gasteiger partial charge >= 0.3 is 5.97 Å². The Kier molecular flexibility index (Phi) is 5.26. The number of thiocarbonyl (C=S) groups is 1. The highest BCUT2D eigenvalue weighted by Crippen LogP contribution is 2.22. The number of esters is 1. The number of rotatable bonds is 5. The van der Waals surface area contributed by atoms with Gasteiger partial charge in [-0.05, 0) is 43.4 Å². The van der Waals surface area contributed by atoms with E-state index < -0.39 is 0 Å². The zero-order valence-corrected chi connectivity index (χ0v) is 12.7. The van der Waals surface area contributed by atoms with Gasteiger partial charge in [0.1, 0.15) is 11.5 Å². The van der Waals surface area contributed by atoms with E-state index in [-0.39, 0.29) is 11.1 Å². The lowest BCUT2D eigenvalue weighted by molar-refractivity contribution is 0.0526. The Labute approximate surface area is 132 Å². The summed E-state index contributed by atoms with van der Waals surface area (Å²) in [7, 11) is 0. The first-order chi connectivity index (χ1) is 10.6. The van der Waals surface area contributed by atoms with E-state index in [4.69, 9.17) is 14.9 Å². The van der Waals surface area contributed by atoms with Crippen LogP contribution >= 0.6 is 12.2 Å². The molecular formula is C15H15N3O3S. The Balaban J connectivity index is 2.17. The van der Waals surface area contributed by atoms with Crippen LogP contribution in [0.2, 0.25) is 0 Å². The summed E-state index contributed by atoms with van der Waals surface area (Å²) in [5.74, 6) is 0.779. The molecule has 0 saturated carbocycles. The van der Waals surface area contributed by atoms with Gasteiger partial charge in [0.25, 0.3) is 0 Å². The van der Waals surface area contributed by atoms with Crippen molar-refractivity contribution in [3.05, 3.63) is 47.7 Å². The summed E-state index contributed by atoms with van der Waals surface area (Å²) in [5, 5.41) is 3.88. The molecule has 3 N–H and O–H groups in total. The van der Waals surface area contributed by atoms with E-state index in [1.807, 2.05) is 6.07 Å². The molecule has 0 aliphatic carbocycles. The van der Waals surface area contributed by atoms with Crippen molar-refractivity contribution in [3.63, 3.8) is 0 Å². The molecular weight excluding hydrogens is 302 g/mol. The molecule has 2 aromatic rings. The molecule has 0 aliphatic rings. The maximum Gasteiger partial charge on any atom is 0.338 e. The van der Waals surface area contributed by atoms with Crippen LogP contribution in [0.25, 0.3) is 11.3 Å². The van der Waals surface area contributed by atoms with Gasteiger partial charge in [-0.15, -0.1) is 0 Å². The second-order valence-electron chi connectivity index (χ2n) is 4.24. The van der Waals surface area contributed by atoms with Crippen molar-refractivity contribution in [2.24, 2.45) is 10.8 Å². The van der Waals surface area contributed by atoms with E-state index >= 15 is 0 Å². The van der Waals surface area contributed by atoms with Crippen molar-refractivity contribution >= 4 is 29.5 Å². The summed E-state index contributed by atoms with van der Waals surface area (Å²) in [4.78, 5) is 11.7. The first-order valence-electron chi connectivity index (χ1n) is 6.56. The van der Waals surface area contributed by atoms with Crippen LogP contribution in [0.4, 0.5) is 0 Å². The molecule has 114 valence electrons. The molecule has 0 aliphatic heterocycles. The predicted molar refractivity (Wildman–Crippen MR) is 87.6 cm³/mol. The molecule has 2 rings (SSSR count). The summed E-state index contributed by atoms with van der Waals surface area (Å²) in [6.45, 7) is 2.10. The van der Waals surface area contributed by atoms with E-state index in [0.29, 0.717) is 23.7 Å². The third-order valence-corrected chi connectivity index (χ3v) is 2.74. The first kappa shape index (κ1) is 15.7. The SMILES string of the molecule is CCOC(=O)c1cccc(-c2ccc(/C=N/NC(N)=S)o2)c1. The van der Waals surface area contributed by atoms with E-state index in [1.54, 1.807) is 37.3 Å². The van der Waals surface area contributed by atoms with Crippen molar-refractivity contribution < 1.29 is 13.9 Å². The van der Waals surface area contributed by atoms with E-state index in [0.717, 1.165) is 5.56 Å². The zero-order valence-electron chi connectivity index (χ0n) is 11.9. The van der Waals surface area contributed by atoms with Crippen LogP contribution in [0, 0.1) is 0 Å². The number of benzene rings is 1. The van der Waals surface area contributed by atoms with Crippen molar-refractivity contribution in [3.8, 4) is 11.3 Å². The van der Waals surface area contributed by atoms with Gasteiger partial charge in [-0.25, -0.2) is 4.79 Å². The number of hydrogen-bond acceptors (Lipinski definition) is 5. The van der Waals surface area contributed by atoms with Crippen molar-refractivity contribution in [1.29, 1.82) is 0 Å². The van der Waals surface area contributed by atoms with Crippen LogP contribution in [0.15, 0.2) is 45.9 Å². The molecule has 7 heteroatoms. The molecule has 1 aromatic carbocycles. The summed E-state index contributed by atoms with van der Waals surface area (Å²) in [5.41, 5.74) is 8.94. The smallest absolute Gasteiger partial charge is 0.338 e. The van der Waals surface area contributed by atoms with Crippen molar-refractivity contribution in [2.75, 3.05) is 6.61 Å². The molecule has 0 atom stereocenters. The number of hydrazone groups is 1. The predicted octanol–water partition coefficient (Wildman–Crippen LogP) is 2.29.